The van der Waals surface area contributed by atoms with Crippen molar-refractivity contribution in [3.05, 3.63) is 29.8 Å². The Kier molecular flexibility index (Phi) is 5.29. The third-order valence-corrected chi connectivity index (χ3v) is 3.76. The molecule has 1 unspecified atom stereocenters. The van der Waals surface area contributed by atoms with Crippen LogP contribution in [0.4, 0.5) is 5.69 Å². The van der Waals surface area contributed by atoms with Crippen molar-refractivity contribution in [3.8, 4) is 0 Å². The van der Waals surface area contributed by atoms with E-state index in [0.717, 1.165) is 6.54 Å². The Hall–Kier alpha value is -1.48. The Morgan fingerprint density at radius 2 is 2.10 bits per heavy atom. The van der Waals surface area contributed by atoms with E-state index in [1.807, 2.05) is 0 Å². The molecule has 0 radical (unpaired) electrons. The van der Waals surface area contributed by atoms with Gasteiger partial charge in [0.1, 0.15) is 0 Å². The largest absolute Gasteiger partial charge is 0.375 e. The number of carbonyl (C=O) groups excluding carboxylic acids is 1. The maximum absolute atomic E-state index is 11.9. The number of anilines is 1. The summed E-state index contributed by atoms with van der Waals surface area (Å²) in [5.41, 5.74) is 1.19. The molecule has 7 nitrogen and oxygen atoms in total. The van der Waals surface area contributed by atoms with Crippen LogP contribution < -0.4 is 15.8 Å². The number of morpholine rings is 1. The monoisotopic (exact) mass is 313 g/mol. The van der Waals surface area contributed by atoms with E-state index >= 15 is 0 Å². The van der Waals surface area contributed by atoms with Crippen molar-refractivity contribution in [2.75, 3.05) is 25.0 Å². The van der Waals surface area contributed by atoms with E-state index in [2.05, 4.69) is 10.6 Å². The van der Waals surface area contributed by atoms with Crippen molar-refractivity contribution in [3.63, 3.8) is 0 Å². The summed E-state index contributed by atoms with van der Waals surface area (Å²) < 4.78 is 27.4. The summed E-state index contributed by atoms with van der Waals surface area (Å²) in [6.45, 7) is 2.09. The van der Waals surface area contributed by atoms with Gasteiger partial charge in [0.25, 0.3) is 0 Å². The Bertz CT molecular complexity index is 580. The second-order valence-electron chi connectivity index (χ2n) is 4.95. The minimum atomic E-state index is -3.54. The number of amides is 1. The first kappa shape index (κ1) is 15.9. The Morgan fingerprint density at radius 3 is 2.67 bits per heavy atom. The molecule has 4 N–H and O–H groups in total. The van der Waals surface area contributed by atoms with Crippen molar-refractivity contribution in [1.29, 1.82) is 0 Å². The molecule has 1 aliphatic heterocycles. The smallest absolute Gasteiger partial charge is 0.227 e. The van der Waals surface area contributed by atoms with Gasteiger partial charge in [-0.15, -0.1) is 0 Å². The fourth-order valence-electron chi connectivity index (χ4n) is 2.09. The van der Waals surface area contributed by atoms with Gasteiger partial charge in [0.2, 0.25) is 15.9 Å². The molecule has 1 aromatic rings. The van der Waals surface area contributed by atoms with Gasteiger partial charge in [-0.3, -0.25) is 4.79 Å². The zero-order valence-corrected chi connectivity index (χ0v) is 12.4. The molecule has 116 valence electrons. The lowest BCUT2D eigenvalue weighted by Crippen LogP contribution is -2.40. The first-order valence-electron chi connectivity index (χ1n) is 6.64. The molecule has 0 spiro atoms. The third-order valence-electron chi connectivity index (χ3n) is 3.02. The highest BCUT2D eigenvalue weighted by Gasteiger charge is 2.17. The fourth-order valence-corrected chi connectivity index (χ4v) is 2.74. The number of rotatable bonds is 5. The second-order valence-corrected chi connectivity index (χ2v) is 6.57. The third kappa shape index (κ3) is 5.80. The highest BCUT2D eigenvalue weighted by molar-refractivity contribution is 7.88. The maximum Gasteiger partial charge on any atom is 0.227 e. The summed E-state index contributed by atoms with van der Waals surface area (Å²) >= 11 is 0. The molecule has 1 atom stereocenters. The average molecular weight is 313 g/mol. The topological polar surface area (TPSA) is 111 Å². The van der Waals surface area contributed by atoms with Crippen LogP contribution in [0.3, 0.4) is 0 Å². The summed E-state index contributed by atoms with van der Waals surface area (Å²) in [6.07, 6.45) is 0.173. The minimum Gasteiger partial charge on any atom is -0.375 e. The highest BCUT2D eigenvalue weighted by atomic mass is 32.2. The molecule has 1 heterocycles. The molecule has 0 aromatic heterocycles. The number of nitrogens with two attached hydrogens (primary N) is 1. The first-order chi connectivity index (χ1) is 9.92. The molecule has 0 aliphatic carbocycles. The summed E-state index contributed by atoms with van der Waals surface area (Å²) in [7, 11) is -3.54. The summed E-state index contributed by atoms with van der Waals surface area (Å²) in [4.78, 5) is 11.9. The van der Waals surface area contributed by atoms with Crippen LogP contribution in [0.5, 0.6) is 0 Å². The van der Waals surface area contributed by atoms with E-state index in [0.29, 0.717) is 24.4 Å². The molecule has 2 rings (SSSR count). The van der Waals surface area contributed by atoms with Gasteiger partial charge in [0.05, 0.1) is 24.9 Å². The van der Waals surface area contributed by atoms with Crippen molar-refractivity contribution >= 4 is 21.6 Å². The second kappa shape index (κ2) is 6.99. The molecule has 1 aliphatic rings. The van der Waals surface area contributed by atoms with Crippen LogP contribution in [0.2, 0.25) is 0 Å². The summed E-state index contributed by atoms with van der Waals surface area (Å²) in [6, 6.07) is 6.55. The van der Waals surface area contributed by atoms with Crippen LogP contribution in [0.1, 0.15) is 12.0 Å². The van der Waals surface area contributed by atoms with Crippen molar-refractivity contribution < 1.29 is 17.9 Å². The van der Waals surface area contributed by atoms with Gasteiger partial charge >= 0.3 is 0 Å². The zero-order chi connectivity index (χ0) is 15.3. The Balaban J connectivity index is 1.86. The van der Waals surface area contributed by atoms with Crippen molar-refractivity contribution in [2.45, 2.75) is 18.3 Å². The minimum absolute atomic E-state index is 0.111. The van der Waals surface area contributed by atoms with E-state index in [-0.39, 0.29) is 24.2 Å². The SMILES string of the molecule is NS(=O)(=O)Cc1ccc(NC(=O)CC2CNCCO2)cc1. The van der Waals surface area contributed by atoms with Crippen LogP contribution in [0.25, 0.3) is 0 Å². The van der Waals surface area contributed by atoms with Crippen LogP contribution in [-0.4, -0.2) is 40.1 Å². The van der Waals surface area contributed by atoms with Gasteiger partial charge in [-0.25, -0.2) is 13.6 Å². The number of sulfonamides is 1. The van der Waals surface area contributed by atoms with Gasteiger partial charge in [-0.1, -0.05) is 12.1 Å². The number of benzene rings is 1. The van der Waals surface area contributed by atoms with E-state index in [9.17, 15) is 13.2 Å². The van der Waals surface area contributed by atoms with Gasteiger partial charge in [-0.05, 0) is 17.7 Å². The molecule has 1 aromatic carbocycles. The molecule has 1 fully saturated rings. The molecular formula is C13H19N3O4S. The fraction of sp³-hybridized carbons (Fsp3) is 0.462. The number of hydrogen-bond acceptors (Lipinski definition) is 5. The van der Waals surface area contributed by atoms with E-state index in [4.69, 9.17) is 9.88 Å². The predicted octanol–water partition coefficient (Wildman–Crippen LogP) is -0.208. The number of hydrogen-bond donors (Lipinski definition) is 3. The van der Waals surface area contributed by atoms with E-state index in [1.165, 1.54) is 0 Å². The molecule has 21 heavy (non-hydrogen) atoms. The number of carbonyl (C=O) groups is 1. The van der Waals surface area contributed by atoms with Gasteiger partial charge in [-0.2, -0.15) is 0 Å². The lowest BCUT2D eigenvalue weighted by Gasteiger charge is -2.23. The molecular weight excluding hydrogens is 294 g/mol. The molecule has 0 saturated carbocycles. The van der Waals surface area contributed by atoms with Crippen LogP contribution in [-0.2, 0) is 25.3 Å². The van der Waals surface area contributed by atoms with E-state index < -0.39 is 10.0 Å². The maximum atomic E-state index is 11.9. The van der Waals surface area contributed by atoms with Crippen LogP contribution >= 0.6 is 0 Å². The lowest BCUT2D eigenvalue weighted by atomic mass is 10.2. The van der Waals surface area contributed by atoms with Gasteiger partial charge in [0, 0.05) is 18.8 Å². The predicted molar refractivity (Wildman–Crippen MR) is 79.1 cm³/mol. The van der Waals surface area contributed by atoms with Gasteiger partial charge in [0.15, 0.2) is 0 Å². The average Bonchev–Trinajstić information content (AvgIpc) is 2.40. The highest BCUT2D eigenvalue weighted by Crippen LogP contribution is 2.12. The van der Waals surface area contributed by atoms with Crippen LogP contribution in [0, 0.1) is 0 Å². The van der Waals surface area contributed by atoms with Gasteiger partial charge < -0.3 is 15.4 Å². The van der Waals surface area contributed by atoms with Crippen molar-refractivity contribution in [1.82, 2.24) is 5.32 Å². The zero-order valence-electron chi connectivity index (χ0n) is 11.5. The summed E-state index contributed by atoms with van der Waals surface area (Å²) in [5, 5.41) is 10.9. The quantitative estimate of drug-likeness (QED) is 0.697. The Morgan fingerprint density at radius 1 is 1.38 bits per heavy atom. The molecule has 0 bridgehead atoms. The van der Waals surface area contributed by atoms with Crippen LogP contribution in [0.15, 0.2) is 24.3 Å². The molecule has 1 amide bonds. The lowest BCUT2D eigenvalue weighted by molar-refractivity contribution is -0.119. The Labute approximate surface area is 123 Å². The number of nitrogens with one attached hydrogen (secondary N) is 2. The molecule has 1 saturated heterocycles. The first-order valence-corrected chi connectivity index (χ1v) is 8.35. The molecule has 8 heteroatoms. The summed E-state index contributed by atoms with van der Waals surface area (Å²) in [5.74, 6) is -0.356. The standard InChI is InChI=1S/C13H19N3O4S/c14-21(18,19)9-10-1-3-11(4-2-10)16-13(17)7-12-8-15-5-6-20-12/h1-4,12,15H,5-9H2,(H,16,17)(H2,14,18,19). The number of primary sulfonamides is 1. The van der Waals surface area contributed by atoms with Crippen molar-refractivity contribution in [2.24, 2.45) is 5.14 Å². The normalized spacial score (nSPS) is 19.2. The van der Waals surface area contributed by atoms with E-state index in [1.54, 1.807) is 24.3 Å². The number of ether oxygens (including phenoxy) is 1.